The molecule has 3 saturated heterocycles. The van der Waals surface area contributed by atoms with E-state index >= 15 is 0 Å². The molecule has 0 bridgehead atoms. The largest absolute Gasteiger partial charge is 0.504 e. The smallest absolute Gasteiger partial charge is 0.338 e. The summed E-state index contributed by atoms with van der Waals surface area (Å²) in [5.41, 5.74) is -5.51. The Kier molecular flexibility index (Phi) is 6.13. The van der Waals surface area contributed by atoms with Gasteiger partial charge in [0.2, 0.25) is 0 Å². The van der Waals surface area contributed by atoms with Crippen LogP contribution in [-0.2, 0) is 35.0 Å². The number of carbonyl (C=O) groups excluding carboxylic acids is 4. The van der Waals surface area contributed by atoms with Crippen molar-refractivity contribution in [2.75, 3.05) is 13.7 Å². The van der Waals surface area contributed by atoms with Crippen molar-refractivity contribution in [1.29, 1.82) is 0 Å². The minimum atomic E-state index is -1.85. The summed E-state index contributed by atoms with van der Waals surface area (Å²) in [6, 6.07) is 12.9. The van der Waals surface area contributed by atoms with Crippen molar-refractivity contribution in [3.05, 3.63) is 59.7 Å². The van der Waals surface area contributed by atoms with Crippen LogP contribution in [0.25, 0.3) is 0 Å². The number of carbonyl (C=O) groups is 4. The molecule has 2 spiro atoms. The molecule has 4 aliphatic rings. The van der Waals surface area contributed by atoms with Gasteiger partial charge in [0, 0.05) is 13.0 Å². The van der Waals surface area contributed by atoms with Gasteiger partial charge in [0.15, 0.2) is 23.8 Å². The molecule has 1 saturated carbocycles. The van der Waals surface area contributed by atoms with Gasteiger partial charge in [0.05, 0.1) is 24.7 Å². The molecule has 4 fully saturated rings. The van der Waals surface area contributed by atoms with Gasteiger partial charge < -0.3 is 34.1 Å². The molecule has 3 heterocycles. The quantitative estimate of drug-likeness (QED) is 0.386. The number of phenols is 1. The molecule has 42 heavy (non-hydrogen) atoms. The topological polar surface area (TPSA) is 149 Å². The van der Waals surface area contributed by atoms with Crippen molar-refractivity contribution >= 4 is 23.8 Å². The van der Waals surface area contributed by atoms with Gasteiger partial charge in [-0.25, -0.2) is 4.79 Å². The Hall–Kier alpha value is -4.12. The van der Waals surface area contributed by atoms with Gasteiger partial charge >= 0.3 is 17.9 Å². The second-order valence-electron chi connectivity index (χ2n) is 12.5. The van der Waals surface area contributed by atoms with Crippen molar-refractivity contribution in [2.24, 2.45) is 16.2 Å². The Morgan fingerprint density at radius 2 is 1.81 bits per heavy atom. The Bertz CT molecular complexity index is 1480. The minimum absolute atomic E-state index is 0.0155. The summed E-state index contributed by atoms with van der Waals surface area (Å²) in [4.78, 5) is 55.8. The molecule has 6 rings (SSSR count). The molecular formula is C31H33NO10. The lowest BCUT2D eigenvalue weighted by Crippen LogP contribution is -2.66. The third-order valence-corrected chi connectivity index (χ3v) is 9.69. The standard InChI is InChI=1S/C31H33NO10/c1-28(2,3)30(38)15-21-29(16-22(34)40-21)27(37)42-26-31(29,30)23(41-25(36)18-8-6-5-7-9-18)24(35)32(26)13-12-17-10-11-19(33)20(14-17)39-4/h5-11,14,21,23,26,33,38H,12-13,15-16H2,1-4H3/t21-,23-,26-,29-,30+,31+/m0/s1. The molecule has 1 amide bonds. The summed E-state index contributed by atoms with van der Waals surface area (Å²) in [5.74, 6) is -2.68. The summed E-state index contributed by atoms with van der Waals surface area (Å²) in [6.45, 7) is 5.32. The predicted octanol–water partition coefficient (Wildman–Crippen LogP) is 2.36. The van der Waals surface area contributed by atoms with Crippen LogP contribution >= 0.6 is 0 Å². The van der Waals surface area contributed by atoms with E-state index in [-0.39, 0.29) is 36.4 Å². The number of methoxy groups -OCH3 is 1. The van der Waals surface area contributed by atoms with Gasteiger partial charge in [-0.05, 0) is 41.7 Å². The fraction of sp³-hybridized carbons (Fsp3) is 0.484. The maximum Gasteiger partial charge on any atom is 0.338 e. The highest BCUT2D eigenvalue weighted by Crippen LogP contribution is 2.76. The number of hydrogen-bond donors (Lipinski definition) is 2. The number of nitrogens with zero attached hydrogens (tertiary/aromatic N) is 1. The normalized spacial score (nSPS) is 33.1. The first-order chi connectivity index (χ1) is 19.8. The first-order valence-electron chi connectivity index (χ1n) is 13.9. The highest BCUT2D eigenvalue weighted by molar-refractivity contribution is 5.99. The lowest BCUT2D eigenvalue weighted by atomic mass is 9.52. The number of benzene rings is 2. The molecule has 222 valence electrons. The highest BCUT2D eigenvalue weighted by Gasteiger charge is 2.93. The SMILES string of the molecule is COc1cc(CCN2C(=O)[C@H](OC(=O)c3ccccc3)[C@@]34[C@@H]2OC(=O)[C@@]32CC(=O)O[C@H]2C[C@@]4(O)C(C)(C)C)ccc1O. The third kappa shape index (κ3) is 3.43. The van der Waals surface area contributed by atoms with Gasteiger partial charge in [0.25, 0.3) is 5.91 Å². The van der Waals surface area contributed by atoms with Crippen LogP contribution in [-0.4, -0.2) is 76.6 Å². The fourth-order valence-electron chi connectivity index (χ4n) is 7.70. The van der Waals surface area contributed by atoms with Crippen molar-refractivity contribution < 1.29 is 48.3 Å². The van der Waals surface area contributed by atoms with E-state index in [4.69, 9.17) is 18.9 Å². The van der Waals surface area contributed by atoms with Crippen molar-refractivity contribution in [2.45, 2.75) is 64.1 Å². The lowest BCUT2D eigenvalue weighted by Gasteiger charge is -2.51. The maximum atomic E-state index is 14.4. The van der Waals surface area contributed by atoms with Crippen LogP contribution in [0.15, 0.2) is 48.5 Å². The van der Waals surface area contributed by atoms with Gasteiger partial charge in [-0.15, -0.1) is 0 Å². The molecule has 0 aromatic heterocycles. The number of likely N-dealkylation sites (tertiary alicyclic amines) is 1. The number of rotatable bonds is 6. The summed E-state index contributed by atoms with van der Waals surface area (Å²) in [5, 5.41) is 22.7. The second-order valence-corrected chi connectivity index (χ2v) is 12.5. The van der Waals surface area contributed by atoms with E-state index in [2.05, 4.69) is 0 Å². The Morgan fingerprint density at radius 1 is 1.10 bits per heavy atom. The maximum absolute atomic E-state index is 14.4. The first kappa shape index (κ1) is 28.0. The van der Waals surface area contributed by atoms with Crippen molar-refractivity contribution in [3.63, 3.8) is 0 Å². The van der Waals surface area contributed by atoms with Crippen LogP contribution in [0.5, 0.6) is 11.5 Å². The molecule has 6 atom stereocenters. The average molecular weight is 580 g/mol. The molecule has 0 radical (unpaired) electrons. The third-order valence-electron chi connectivity index (χ3n) is 9.69. The van der Waals surface area contributed by atoms with E-state index in [0.717, 1.165) is 0 Å². The summed E-state index contributed by atoms with van der Waals surface area (Å²) >= 11 is 0. The lowest BCUT2D eigenvalue weighted by molar-refractivity contribution is -0.211. The number of aromatic hydroxyl groups is 1. The number of amides is 1. The highest BCUT2D eigenvalue weighted by atomic mass is 16.6. The van der Waals surface area contributed by atoms with Crippen LogP contribution in [0, 0.1) is 16.2 Å². The van der Waals surface area contributed by atoms with Gasteiger partial charge in [0.1, 0.15) is 16.9 Å². The Morgan fingerprint density at radius 3 is 2.48 bits per heavy atom. The van der Waals surface area contributed by atoms with Gasteiger partial charge in [-0.2, -0.15) is 0 Å². The monoisotopic (exact) mass is 579 g/mol. The number of aliphatic hydroxyl groups is 1. The number of hydrogen-bond acceptors (Lipinski definition) is 10. The summed E-state index contributed by atoms with van der Waals surface area (Å²) in [6.07, 6.45) is -4.36. The molecule has 11 nitrogen and oxygen atoms in total. The zero-order valence-corrected chi connectivity index (χ0v) is 23.8. The van der Waals surface area contributed by atoms with Crippen LogP contribution < -0.4 is 4.74 Å². The molecule has 3 aliphatic heterocycles. The van der Waals surface area contributed by atoms with E-state index < -0.39 is 70.5 Å². The summed E-state index contributed by atoms with van der Waals surface area (Å²) in [7, 11) is 1.42. The van der Waals surface area contributed by atoms with Crippen molar-refractivity contribution in [3.8, 4) is 11.5 Å². The number of phenolic OH excluding ortho intramolecular Hbond substituents is 1. The fourth-order valence-corrected chi connectivity index (χ4v) is 7.70. The molecule has 2 aromatic rings. The van der Waals surface area contributed by atoms with E-state index in [0.29, 0.717) is 5.56 Å². The van der Waals surface area contributed by atoms with E-state index in [1.807, 2.05) is 0 Å². The van der Waals surface area contributed by atoms with E-state index in [1.165, 1.54) is 30.2 Å². The molecular weight excluding hydrogens is 546 g/mol. The molecule has 2 N–H and O–H groups in total. The molecule has 11 heteroatoms. The minimum Gasteiger partial charge on any atom is -0.504 e. The Balaban J connectivity index is 1.49. The predicted molar refractivity (Wildman–Crippen MR) is 144 cm³/mol. The second kappa shape index (κ2) is 9.19. The average Bonchev–Trinajstić information content (AvgIpc) is 3.55. The molecule has 2 aromatic carbocycles. The van der Waals surface area contributed by atoms with Crippen molar-refractivity contribution in [1.82, 2.24) is 4.90 Å². The van der Waals surface area contributed by atoms with E-state index in [9.17, 15) is 29.4 Å². The van der Waals surface area contributed by atoms with Crippen LogP contribution in [0.4, 0.5) is 0 Å². The zero-order chi connectivity index (χ0) is 30.2. The van der Waals surface area contributed by atoms with Crippen LogP contribution in [0.2, 0.25) is 0 Å². The number of ether oxygens (including phenoxy) is 4. The molecule has 1 aliphatic carbocycles. The Labute approximate surface area is 242 Å². The van der Waals surface area contributed by atoms with Crippen LogP contribution in [0.3, 0.4) is 0 Å². The van der Waals surface area contributed by atoms with Gasteiger partial charge in [-0.3, -0.25) is 14.4 Å². The summed E-state index contributed by atoms with van der Waals surface area (Å²) < 4.78 is 22.8. The zero-order valence-electron chi connectivity index (χ0n) is 23.8. The van der Waals surface area contributed by atoms with Gasteiger partial charge in [-0.1, -0.05) is 45.0 Å². The van der Waals surface area contributed by atoms with Crippen LogP contribution in [0.1, 0.15) is 49.5 Å². The van der Waals surface area contributed by atoms with E-state index in [1.54, 1.807) is 51.1 Å². The molecule has 0 unspecified atom stereocenters. The number of esters is 3. The first-order valence-corrected chi connectivity index (χ1v) is 13.9.